The van der Waals surface area contributed by atoms with Crippen molar-refractivity contribution in [3.05, 3.63) is 29.6 Å². The van der Waals surface area contributed by atoms with E-state index in [1.54, 1.807) is 0 Å². The molecule has 19 heavy (non-hydrogen) atoms. The molecule has 1 aromatic rings. The number of hydrogen-bond donors (Lipinski definition) is 0. The second-order valence-corrected chi connectivity index (χ2v) is 5.58. The molecule has 0 saturated carbocycles. The Bertz CT molecular complexity index is 428. The van der Waals surface area contributed by atoms with Gasteiger partial charge in [-0.3, -0.25) is 9.88 Å². The molecule has 1 aliphatic rings. The van der Waals surface area contributed by atoms with Gasteiger partial charge < -0.3 is 9.53 Å². The van der Waals surface area contributed by atoms with Crippen LogP contribution in [0, 0.1) is 12.3 Å². The van der Waals surface area contributed by atoms with Crippen molar-refractivity contribution < 1.29 is 9.53 Å². The van der Waals surface area contributed by atoms with Gasteiger partial charge >= 0.3 is 0 Å². The number of hydrogen-bond acceptors (Lipinski definition) is 4. The Morgan fingerprint density at radius 1 is 1.53 bits per heavy atom. The van der Waals surface area contributed by atoms with E-state index in [1.165, 1.54) is 0 Å². The number of pyridine rings is 1. The maximum absolute atomic E-state index is 11.4. The van der Waals surface area contributed by atoms with Crippen molar-refractivity contribution in [2.24, 2.45) is 5.41 Å². The van der Waals surface area contributed by atoms with Crippen LogP contribution in [-0.2, 0) is 16.1 Å². The van der Waals surface area contributed by atoms with Gasteiger partial charge in [0.1, 0.15) is 6.29 Å². The number of aryl methyl sites for hydroxylation is 1. The number of rotatable bonds is 5. The molecule has 0 bridgehead atoms. The number of carbonyl (C=O) groups is 1. The van der Waals surface area contributed by atoms with Crippen molar-refractivity contribution in [3.8, 4) is 0 Å². The van der Waals surface area contributed by atoms with Crippen LogP contribution in [0.5, 0.6) is 0 Å². The van der Waals surface area contributed by atoms with Crippen molar-refractivity contribution in [1.82, 2.24) is 9.88 Å². The largest absolute Gasteiger partial charge is 0.380 e. The minimum Gasteiger partial charge on any atom is -0.380 e. The summed E-state index contributed by atoms with van der Waals surface area (Å²) >= 11 is 0. The summed E-state index contributed by atoms with van der Waals surface area (Å²) in [6.07, 6.45) is 2.96. The molecule has 2 rings (SSSR count). The summed E-state index contributed by atoms with van der Waals surface area (Å²) in [5.74, 6) is 0. The fraction of sp³-hybridized carbons (Fsp3) is 0.600. The fourth-order valence-corrected chi connectivity index (χ4v) is 2.69. The van der Waals surface area contributed by atoms with Crippen molar-refractivity contribution in [2.45, 2.75) is 26.3 Å². The maximum atomic E-state index is 11.4. The Morgan fingerprint density at radius 3 is 3.00 bits per heavy atom. The third-order valence-electron chi connectivity index (χ3n) is 3.57. The van der Waals surface area contributed by atoms with Gasteiger partial charge in [-0.2, -0.15) is 0 Å². The second-order valence-electron chi connectivity index (χ2n) is 5.58. The zero-order chi connectivity index (χ0) is 13.7. The SMILES string of the molecule is Cc1cccc(CN(C)CC2(C=O)CCCOC2)n1. The zero-order valence-electron chi connectivity index (χ0n) is 11.8. The average molecular weight is 262 g/mol. The summed E-state index contributed by atoms with van der Waals surface area (Å²) in [7, 11) is 2.03. The van der Waals surface area contributed by atoms with Crippen molar-refractivity contribution in [2.75, 3.05) is 26.8 Å². The summed E-state index contributed by atoms with van der Waals surface area (Å²) in [5.41, 5.74) is 1.73. The molecule has 4 nitrogen and oxygen atoms in total. The molecule has 0 spiro atoms. The lowest BCUT2D eigenvalue weighted by Crippen LogP contribution is -2.42. The molecule has 0 amide bonds. The molecule has 1 atom stereocenters. The number of ether oxygens (including phenoxy) is 1. The predicted octanol–water partition coefficient (Wildman–Crippen LogP) is 1.82. The van der Waals surface area contributed by atoms with E-state index in [4.69, 9.17) is 4.74 Å². The Labute approximate surface area is 114 Å². The molecular weight excluding hydrogens is 240 g/mol. The maximum Gasteiger partial charge on any atom is 0.129 e. The number of aromatic nitrogens is 1. The Morgan fingerprint density at radius 2 is 2.37 bits per heavy atom. The van der Waals surface area contributed by atoms with Crippen LogP contribution in [0.2, 0.25) is 0 Å². The molecule has 4 heteroatoms. The van der Waals surface area contributed by atoms with Gasteiger partial charge in [-0.25, -0.2) is 0 Å². The molecule has 1 unspecified atom stereocenters. The van der Waals surface area contributed by atoms with Crippen LogP contribution in [0.1, 0.15) is 24.2 Å². The monoisotopic (exact) mass is 262 g/mol. The lowest BCUT2D eigenvalue weighted by atomic mass is 9.83. The topological polar surface area (TPSA) is 42.4 Å². The standard InChI is InChI=1S/C15H22N2O2/c1-13-5-3-6-14(16-13)9-17(2)10-15(11-18)7-4-8-19-12-15/h3,5-6,11H,4,7-10,12H2,1-2H3. The van der Waals surface area contributed by atoms with Crippen LogP contribution in [0.25, 0.3) is 0 Å². The van der Waals surface area contributed by atoms with Crippen LogP contribution in [-0.4, -0.2) is 43.0 Å². The fourth-order valence-electron chi connectivity index (χ4n) is 2.69. The van der Waals surface area contributed by atoms with Crippen LogP contribution in [0.15, 0.2) is 18.2 Å². The predicted molar refractivity (Wildman–Crippen MR) is 73.9 cm³/mol. The zero-order valence-corrected chi connectivity index (χ0v) is 11.8. The quantitative estimate of drug-likeness (QED) is 0.759. The Hall–Kier alpha value is -1.26. The summed E-state index contributed by atoms with van der Waals surface area (Å²) in [5, 5.41) is 0. The van der Waals surface area contributed by atoms with Gasteiger partial charge in [0.15, 0.2) is 0 Å². The Balaban J connectivity index is 1.96. The van der Waals surface area contributed by atoms with E-state index < -0.39 is 0 Å². The first-order chi connectivity index (χ1) is 9.13. The lowest BCUT2D eigenvalue weighted by Gasteiger charge is -2.35. The molecule has 0 aliphatic carbocycles. The van der Waals surface area contributed by atoms with Crippen molar-refractivity contribution in [3.63, 3.8) is 0 Å². The van der Waals surface area contributed by atoms with Gasteiger partial charge in [0.2, 0.25) is 0 Å². The van der Waals surface area contributed by atoms with E-state index in [0.717, 1.165) is 50.2 Å². The van der Waals surface area contributed by atoms with E-state index in [9.17, 15) is 4.79 Å². The van der Waals surface area contributed by atoms with Crippen LogP contribution < -0.4 is 0 Å². The number of nitrogens with zero attached hydrogens (tertiary/aromatic N) is 2. The second kappa shape index (κ2) is 6.26. The van der Waals surface area contributed by atoms with Crippen LogP contribution in [0.4, 0.5) is 0 Å². The van der Waals surface area contributed by atoms with E-state index in [2.05, 4.69) is 9.88 Å². The number of carbonyl (C=O) groups excluding carboxylic acids is 1. The first-order valence-electron chi connectivity index (χ1n) is 6.79. The molecule has 0 radical (unpaired) electrons. The van der Waals surface area contributed by atoms with E-state index >= 15 is 0 Å². The highest BCUT2D eigenvalue weighted by molar-refractivity contribution is 5.60. The molecule has 1 aliphatic heterocycles. The average Bonchev–Trinajstić information content (AvgIpc) is 2.39. The van der Waals surface area contributed by atoms with Gasteiger partial charge in [-0.15, -0.1) is 0 Å². The molecule has 1 fully saturated rings. The van der Waals surface area contributed by atoms with Gasteiger partial charge in [0.05, 0.1) is 17.7 Å². The van der Waals surface area contributed by atoms with E-state index in [1.807, 2.05) is 32.2 Å². The molecule has 1 saturated heterocycles. The highest BCUT2D eigenvalue weighted by atomic mass is 16.5. The highest BCUT2D eigenvalue weighted by Crippen LogP contribution is 2.27. The molecular formula is C15H22N2O2. The third-order valence-corrected chi connectivity index (χ3v) is 3.57. The first kappa shape index (κ1) is 14.2. The number of aldehydes is 1. The summed E-state index contributed by atoms with van der Waals surface area (Å²) in [6.45, 7) is 4.80. The molecule has 2 heterocycles. The van der Waals surface area contributed by atoms with Crippen LogP contribution in [0.3, 0.4) is 0 Å². The van der Waals surface area contributed by atoms with Gasteiger partial charge in [0.25, 0.3) is 0 Å². The van der Waals surface area contributed by atoms with Gasteiger partial charge in [-0.1, -0.05) is 6.07 Å². The minimum absolute atomic E-state index is 0.336. The lowest BCUT2D eigenvalue weighted by molar-refractivity contribution is -0.125. The first-order valence-corrected chi connectivity index (χ1v) is 6.79. The molecule has 0 aromatic carbocycles. The highest BCUT2D eigenvalue weighted by Gasteiger charge is 2.33. The van der Waals surface area contributed by atoms with Gasteiger partial charge in [0, 0.05) is 25.4 Å². The normalized spacial score (nSPS) is 23.5. The molecule has 0 N–H and O–H groups in total. The van der Waals surface area contributed by atoms with E-state index in [0.29, 0.717) is 6.61 Å². The summed E-state index contributed by atoms with van der Waals surface area (Å²) < 4.78 is 5.47. The van der Waals surface area contributed by atoms with Crippen molar-refractivity contribution in [1.29, 1.82) is 0 Å². The Kier molecular flexibility index (Phi) is 4.66. The minimum atomic E-state index is -0.336. The van der Waals surface area contributed by atoms with Crippen molar-refractivity contribution >= 4 is 6.29 Å². The molecule has 104 valence electrons. The van der Waals surface area contributed by atoms with Crippen LogP contribution >= 0.6 is 0 Å². The summed E-state index contributed by atoms with van der Waals surface area (Å²) in [6, 6.07) is 6.03. The molecule has 1 aromatic heterocycles. The van der Waals surface area contributed by atoms with Gasteiger partial charge in [-0.05, 0) is 38.9 Å². The van der Waals surface area contributed by atoms with E-state index in [-0.39, 0.29) is 5.41 Å². The summed E-state index contributed by atoms with van der Waals surface area (Å²) in [4.78, 5) is 18.1. The smallest absolute Gasteiger partial charge is 0.129 e. The third kappa shape index (κ3) is 3.85.